The van der Waals surface area contributed by atoms with Gasteiger partial charge in [-0.2, -0.15) is 0 Å². The molecule has 0 bridgehead atoms. The van der Waals surface area contributed by atoms with Crippen LogP contribution in [-0.4, -0.2) is 46.2 Å². The summed E-state index contributed by atoms with van der Waals surface area (Å²) in [5.41, 5.74) is 0. The van der Waals surface area contributed by atoms with Gasteiger partial charge < -0.3 is 14.6 Å². The molecule has 1 fully saturated rings. The normalized spacial score (nSPS) is 16.2. The first-order valence-electron chi connectivity index (χ1n) is 7.08. The molecule has 1 heterocycles. The van der Waals surface area contributed by atoms with Gasteiger partial charge in [0.05, 0.1) is 12.4 Å². The Bertz CT molecular complexity index is 418. The van der Waals surface area contributed by atoms with Crippen molar-refractivity contribution in [3.05, 3.63) is 6.33 Å². The summed E-state index contributed by atoms with van der Waals surface area (Å²) in [5, 5.41) is 11.8. The molecular weight excluding hydrogens is 276 g/mol. The number of thioether (sulfide) groups is 1. The number of methoxy groups -OCH3 is 1. The SMILES string of the molecule is COCCn1cnnc1SCC(=O)NC1CCCCC1. The van der Waals surface area contributed by atoms with E-state index in [4.69, 9.17) is 4.74 Å². The quantitative estimate of drug-likeness (QED) is 0.772. The lowest BCUT2D eigenvalue weighted by atomic mass is 9.95. The van der Waals surface area contributed by atoms with Gasteiger partial charge in [-0.1, -0.05) is 31.0 Å². The third kappa shape index (κ3) is 4.79. The molecule has 0 spiro atoms. The van der Waals surface area contributed by atoms with Crippen LogP contribution in [0.25, 0.3) is 0 Å². The fourth-order valence-electron chi connectivity index (χ4n) is 2.35. The van der Waals surface area contributed by atoms with Crippen LogP contribution in [0.2, 0.25) is 0 Å². The first-order chi connectivity index (χ1) is 9.79. The van der Waals surface area contributed by atoms with E-state index in [1.54, 1.807) is 13.4 Å². The van der Waals surface area contributed by atoms with E-state index in [1.807, 2.05) is 4.57 Å². The van der Waals surface area contributed by atoms with Crippen LogP contribution in [0.15, 0.2) is 11.5 Å². The largest absolute Gasteiger partial charge is 0.383 e. The van der Waals surface area contributed by atoms with Crippen molar-refractivity contribution < 1.29 is 9.53 Å². The van der Waals surface area contributed by atoms with E-state index in [9.17, 15) is 4.79 Å². The average molecular weight is 298 g/mol. The molecule has 6 nitrogen and oxygen atoms in total. The van der Waals surface area contributed by atoms with E-state index in [2.05, 4.69) is 15.5 Å². The molecule has 0 atom stereocenters. The fourth-order valence-corrected chi connectivity index (χ4v) is 3.10. The molecule has 20 heavy (non-hydrogen) atoms. The van der Waals surface area contributed by atoms with Crippen LogP contribution in [0.1, 0.15) is 32.1 Å². The Kier molecular flexibility index (Phi) is 6.32. The van der Waals surface area contributed by atoms with Crippen LogP contribution >= 0.6 is 11.8 Å². The topological polar surface area (TPSA) is 69.0 Å². The molecule has 1 aromatic heterocycles. The Morgan fingerprint density at radius 3 is 3.05 bits per heavy atom. The molecule has 112 valence electrons. The molecule has 0 aromatic carbocycles. The van der Waals surface area contributed by atoms with E-state index in [0.717, 1.165) is 18.0 Å². The van der Waals surface area contributed by atoms with Crippen LogP contribution in [0.5, 0.6) is 0 Å². The van der Waals surface area contributed by atoms with E-state index in [0.29, 0.717) is 24.9 Å². The predicted molar refractivity (Wildman–Crippen MR) is 77.6 cm³/mol. The van der Waals surface area contributed by atoms with Gasteiger partial charge in [0.25, 0.3) is 0 Å². The van der Waals surface area contributed by atoms with Crippen molar-refractivity contribution in [1.29, 1.82) is 0 Å². The number of carbonyl (C=O) groups excluding carboxylic acids is 1. The monoisotopic (exact) mass is 298 g/mol. The van der Waals surface area contributed by atoms with Gasteiger partial charge in [0.1, 0.15) is 6.33 Å². The van der Waals surface area contributed by atoms with Crippen molar-refractivity contribution in [3.63, 3.8) is 0 Å². The zero-order chi connectivity index (χ0) is 14.2. The zero-order valence-corrected chi connectivity index (χ0v) is 12.7. The number of hydrogen-bond acceptors (Lipinski definition) is 5. The molecule has 0 unspecified atom stereocenters. The Labute approximate surface area is 123 Å². The molecule has 1 aliphatic carbocycles. The van der Waals surface area contributed by atoms with Crippen molar-refractivity contribution in [2.75, 3.05) is 19.5 Å². The second-order valence-corrected chi connectivity index (χ2v) is 5.93. The highest BCUT2D eigenvalue weighted by Gasteiger charge is 2.16. The highest BCUT2D eigenvalue weighted by Crippen LogP contribution is 2.18. The molecule has 7 heteroatoms. The third-order valence-electron chi connectivity index (χ3n) is 3.42. The van der Waals surface area contributed by atoms with Crippen molar-refractivity contribution in [3.8, 4) is 0 Å². The minimum atomic E-state index is 0.0863. The number of rotatable bonds is 7. The van der Waals surface area contributed by atoms with Gasteiger partial charge in [0.15, 0.2) is 5.16 Å². The Balaban J connectivity index is 1.73. The molecule has 1 saturated carbocycles. The van der Waals surface area contributed by atoms with Gasteiger partial charge in [-0.15, -0.1) is 10.2 Å². The number of hydrogen-bond donors (Lipinski definition) is 1. The average Bonchev–Trinajstić information content (AvgIpc) is 2.91. The van der Waals surface area contributed by atoms with E-state index >= 15 is 0 Å². The van der Waals surface area contributed by atoms with E-state index < -0.39 is 0 Å². The summed E-state index contributed by atoms with van der Waals surface area (Å²) in [6.45, 7) is 1.32. The van der Waals surface area contributed by atoms with Crippen molar-refractivity contribution in [1.82, 2.24) is 20.1 Å². The molecule has 1 aromatic rings. The number of amides is 1. The smallest absolute Gasteiger partial charge is 0.230 e. The maximum atomic E-state index is 11.9. The molecule has 0 saturated heterocycles. The summed E-state index contributed by atoms with van der Waals surface area (Å²) in [6, 6.07) is 0.364. The second kappa shape index (κ2) is 8.26. The standard InChI is InChI=1S/C13H22N4O2S/c1-19-8-7-17-10-14-16-13(17)20-9-12(18)15-11-5-3-2-4-6-11/h10-11H,2-9H2,1H3,(H,15,18). The van der Waals surface area contributed by atoms with Gasteiger partial charge in [-0.25, -0.2) is 0 Å². The fraction of sp³-hybridized carbons (Fsp3) is 0.769. The van der Waals surface area contributed by atoms with Crippen molar-refractivity contribution in [2.45, 2.75) is 49.8 Å². The summed E-state index contributed by atoms with van der Waals surface area (Å²) in [6.07, 6.45) is 7.64. The van der Waals surface area contributed by atoms with E-state index in [1.165, 1.54) is 31.0 Å². The van der Waals surface area contributed by atoms with Crippen LogP contribution in [0, 0.1) is 0 Å². The summed E-state index contributed by atoms with van der Waals surface area (Å²) in [5.74, 6) is 0.477. The van der Waals surface area contributed by atoms with Crippen LogP contribution in [0.3, 0.4) is 0 Å². The lowest BCUT2D eigenvalue weighted by Crippen LogP contribution is -2.37. The molecule has 1 aliphatic rings. The number of nitrogens with one attached hydrogen (secondary N) is 1. The highest BCUT2D eigenvalue weighted by molar-refractivity contribution is 7.99. The van der Waals surface area contributed by atoms with E-state index in [-0.39, 0.29) is 5.91 Å². The lowest BCUT2D eigenvalue weighted by molar-refractivity contribution is -0.119. The number of carbonyl (C=O) groups is 1. The molecular formula is C13H22N4O2S. The minimum absolute atomic E-state index is 0.0863. The molecule has 1 amide bonds. The highest BCUT2D eigenvalue weighted by atomic mass is 32.2. The van der Waals surface area contributed by atoms with Gasteiger partial charge in [-0.05, 0) is 12.8 Å². The first kappa shape index (κ1) is 15.3. The number of aromatic nitrogens is 3. The number of ether oxygens (including phenoxy) is 1. The van der Waals surface area contributed by atoms with Crippen LogP contribution < -0.4 is 5.32 Å². The van der Waals surface area contributed by atoms with Gasteiger partial charge in [0.2, 0.25) is 5.91 Å². The van der Waals surface area contributed by atoms with Gasteiger partial charge in [-0.3, -0.25) is 4.79 Å². The van der Waals surface area contributed by atoms with Crippen molar-refractivity contribution in [2.24, 2.45) is 0 Å². The summed E-state index contributed by atoms with van der Waals surface area (Å²) >= 11 is 1.42. The van der Waals surface area contributed by atoms with Gasteiger partial charge >= 0.3 is 0 Å². The number of nitrogens with zero attached hydrogens (tertiary/aromatic N) is 3. The minimum Gasteiger partial charge on any atom is -0.383 e. The Hall–Kier alpha value is -1.08. The maximum absolute atomic E-state index is 11.9. The van der Waals surface area contributed by atoms with Crippen LogP contribution in [0.4, 0.5) is 0 Å². The van der Waals surface area contributed by atoms with Crippen LogP contribution in [-0.2, 0) is 16.1 Å². The molecule has 0 radical (unpaired) electrons. The summed E-state index contributed by atoms with van der Waals surface area (Å²) in [7, 11) is 1.66. The lowest BCUT2D eigenvalue weighted by Gasteiger charge is -2.22. The zero-order valence-electron chi connectivity index (χ0n) is 11.9. The third-order valence-corrected chi connectivity index (χ3v) is 4.40. The summed E-state index contributed by atoms with van der Waals surface area (Å²) < 4.78 is 6.94. The molecule has 0 aliphatic heterocycles. The Morgan fingerprint density at radius 2 is 2.30 bits per heavy atom. The first-order valence-corrected chi connectivity index (χ1v) is 8.07. The molecule has 2 rings (SSSR count). The second-order valence-electron chi connectivity index (χ2n) is 4.99. The molecule has 1 N–H and O–H groups in total. The predicted octanol–water partition coefficient (Wildman–Crippen LogP) is 1.47. The Morgan fingerprint density at radius 1 is 1.50 bits per heavy atom. The van der Waals surface area contributed by atoms with Gasteiger partial charge in [0, 0.05) is 19.7 Å². The van der Waals surface area contributed by atoms with Crippen molar-refractivity contribution >= 4 is 17.7 Å². The maximum Gasteiger partial charge on any atom is 0.230 e. The summed E-state index contributed by atoms with van der Waals surface area (Å²) in [4.78, 5) is 11.9.